The van der Waals surface area contributed by atoms with E-state index in [0.717, 1.165) is 24.2 Å². The highest BCUT2D eigenvalue weighted by Gasteiger charge is 2.15. The Bertz CT molecular complexity index is 683. The van der Waals surface area contributed by atoms with Crippen molar-refractivity contribution in [3.63, 3.8) is 0 Å². The summed E-state index contributed by atoms with van der Waals surface area (Å²) in [6, 6.07) is 10.5. The van der Waals surface area contributed by atoms with Gasteiger partial charge in [0.1, 0.15) is 5.76 Å². The summed E-state index contributed by atoms with van der Waals surface area (Å²) in [6.45, 7) is 2.09. The second-order valence-corrected chi connectivity index (χ2v) is 5.63. The summed E-state index contributed by atoms with van der Waals surface area (Å²) in [5.74, 6) is 1.01. The molecule has 0 saturated carbocycles. The van der Waals surface area contributed by atoms with E-state index >= 15 is 0 Å². The molecule has 0 aliphatic rings. The maximum absolute atomic E-state index is 6.34. The van der Waals surface area contributed by atoms with Gasteiger partial charge in [0, 0.05) is 22.7 Å². The van der Waals surface area contributed by atoms with Gasteiger partial charge in [0.05, 0.1) is 6.26 Å². The predicted octanol–water partition coefficient (Wildman–Crippen LogP) is 4.30. The van der Waals surface area contributed by atoms with E-state index < -0.39 is 0 Å². The van der Waals surface area contributed by atoms with Crippen molar-refractivity contribution in [2.24, 2.45) is 5.73 Å². The molecule has 19 heavy (non-hydrogen) atoms. The summed E-state index contributed by atoms with van der Waals surface area (Å²) >= 11 is 1.78. The number of thiophene rings is 1. The zero-order valence-electron chi connectivity index (χ0n) is 10.9. The summed E-state index contributed by atoms with van der Waals surface area (Å²) in [7, 11) is 0. The average Bonchev–Trinajstić information content (AvgIpc) is 3.05. The number of nitrogens with two attached hydrogens (primary N) is 1. The lowest BCUT2D eigenvalue weighted by Crippen LogP contribution is -2.13. The SMILES string of the molecule is CCc1occc1C(N)Cc1csc2ccccc12. The zero-order valence-corrected chi connectivity index (χ0v) is 11.7. The van der Waals surface area contributed by atoms with Gasteiger partial charge in [-0.1, -0.05) is 25.1 Å². The third-order valence-electron chi connectivity index (χ3n) is 3.50. The van der Waals surface area contributed by atoms with Gasteiger partial charge in [-0.05, 0) is 34.9 Å². The molecule has 98 valence electrons. The van der Waals surface area contributed by atoms with Crippen LogP contribution in [0.2, 0.25) is 0 Å². The minimum Gasteiger partial charge on any atom is -0.469 e. The number of aryl methyl sites for hydroxylation is 1. The van der Waals surface area contributed by atoms with Crippen molar-refractivity contribution in [1.29, 1.82) is 0 Å². The molecule has 2 N–H and O–H groups in total. The molecule has 0 bridgehead atoms. The molecule has 0 radical (unpaired) electrons. The molecule has 0 aliphatic carbocycles. The third kappa shape index (κ3) is 2.31. The summed E-state index contributed by atoms with van der Waals surface area (Å²) in [6.07, 6.45) is 3.48. The van der Waals surface area contributed by atoms with E-state index in [1.54, 1.807) is 17.6 Å². The molecule has 1 aromatic carbocycles. The second kappa shape index (κ2) is 5.19. The Labute approximate surface area is 116 Å². The van der Waals surface area contributed by atoms with Crippen LogP contribution in [0.4, 0.5) is 0 Å². The molecule has 2 nitrogen and oxygen atoms in total. The highest BCUT2D eigenvalue weighted by Crippen LogP contribution is 2.29. The number of furan rings is 1. The van der Waals surface area contributed by atoms with Crippen LogP contribution in [-0.4, -0.2) is 0 Å². The van der Waals surface area contributed by atoms with Crippen molar-refractivity contribution >= 4 is 21.4 Å². The van der Waals surface area contributed by atoms with E-state index in [9.17, 15) is 0 Å². The maximum atomic E-state index is 6.34. The minimum absolute atomic E-state index is 0.00621. The molecule has 0 spiro atoms. The molecule has 0 fully saturated rings. The Balaban J connectivity index is 1.89. The number of hydrogen-bond donors (Lipinski definition) is 1. The molecule has 1 atom stereocenters. The zero-order chi connectivity index (χ0) is 13.2. The number of hydrogen-bond acceptors (Lipinski definition) is 3. The van der Waals surface area contributed by atoms with Crippen LogP contribution < -0.4 is 5.73 Å². The Morgan fingerprint density at radius 2 is 2.11 bits per heavy atom. The van der Waals surface area contributed by atoms with E-state index in [1.165, 1.54) is 15.6 Å². The van der Waals surface area contributed by atoms with Gasteiger partial charge < -0.3 is 10.2 Å². The fourth-order valence-corrected chi connectivity index (χ4v) is 3.48. The van der Waals surface area contributed by atoms with E-state index in [2.05, 4.69) is 36.6 Å². The molecule has 0 saturated heterocycles. The predicted molar refractivity (Wildman–Crippen MR) is 80.5 cm³/mol. The van der Waals surface area contributed by atoms with Crippen molar-refractivity contribution in [2.45, 2.75) is 25.8 Å². The first-order valence-electron chi connectivity index (χ1n) is 6.56. The van der Waals surface area contributed by atoms with E-state index in [1.807, 2.05) is 6.07 Å². The van der Waals surface area contributed by atoms with Gasteiger partial charge in [-0.3, -0.25) is 0 Å². The van der Waals surface area contributed by atoms with E-state index in [4.69, 9.17) is 10.2 Å². The molecule has 1 unspecified atom stereocenters. The smallest absolute Gasteiger partial charge is 0.108 e. The Morgan fingerprint density at radius 1 is 1.26 bits per heavy atom. The van der Waals surface area contributed by atoms with Crippen LogP contribution in [0.3, 0.4) is 0 Å². The second-order valence-electron chi connectivity index (χ2n) is 4.72. The van der Waals surface area contributed by atoms with Gasteiger partial charge in [0.25, 0.3) is 0 Å². The summed E-state index contributed by atoms with van der Waals surface area (Å²) in [5.41, 5.74) is 8.81. The van der Waals surface area contributed by atoms with Gasteiger partial charge in [-0.25, -0.2) is 0 Å². The summed E-state index contributed by atoms with van der Waals surface area (Å²) in [4.78, 5) is 0. The van der Waals surface area contributed by atoms with Crippen molar-refractivity contribution in [3.8, 4) is 0 Å². The maximum Gasteiger partial charge on any atom is 0.108 e. The van der Waals surface area contributed by atoms with Crippen molar-refractivity contribution in [1.82, 2.24) is 0 Å². The lowest BCUT2D eigenvalue weighted by molar-refractivity contribution is 0.505. The lowest BCUT2D eigenvalue weighted by atomic mass is 9.99. The molecule has 2 heterocycles. The average molecular weight is 271 g/mol. The molecule has 3 rings (SSSR count). The van der Waals surface area contributed by atoms with Crippen LogP contribution >= 0.6 is 11.3 Å². The van der Waals surface area contributed by atoms with Gasteiger partial charge >= 0.3 is 0 Å². The van der Waals surface area contributed by atoms with Crippen LogP contribution in [-0.2, 0) is 12.8 Å². The summed E-state index contributed by atoms with van der Waals surface area (Å²) < 4.78 is 6.79. The molecule has 2 aromatic heterocycles. The molecule has 3 aromatic rings. The van der Waals surface area contributed by atoms with Crippen molar-refractivity contribution in [2.75, 3.05) is 0 Å². The Kier molecular flexibility index (Phi) is 3.40. The van der Waals surface area contributed by atoms with Gasteiger partial charge in [0.15, 0.2) is 0 Å². The normalized spacial score (nSPS) is 12.9. The molecule has 3 heteroatoms. The van der Waals surface area contributed by atoms with E-state index in [0.29, 0.717) is 0 Å². The van der Waals surface area contributed by atoms with Crippen LogP contribution in [0.25, 0.3) is 10.1 Å². The number of fused-ring (bicyclic) bond motifs is 1. The van der Waals surface area contributed by atoms with Gasteiger partial charge in [-0.15, -0.1) is 11.3 Å². The number of rotatable bonds is 4. The third-order valence-corrected chi connectivity index (χ3v) is 4.51. The van der Waals surface area contributed by atoms with Crippen molar-refractivity contribution in [3.05, 3.63) is 58.9 Å². The number of benzene rings is 1. The Hall–Kier alpha value is -1.58. The fourth-order valence-electron chi connectivity index (χ4n) is 2.51. The fraction of sp³-hybridized carbons (Fsp3) is 0.250. The largest absolute Gasteiger partial charge is 0.469 e. The monoisotopic (exact) mass is 271 g/mol. The van der Waals surface area contributed by atoms with Crippen LogP contribution in [0, 0.1) is 0 Å². The van der Waals surface area contributed by atoms with Crippen LogP contribution in [0.15, 0.2) is 46.4 Å². The van der Waals surface area contributed by atoms with E-state index in [-0.39, 0.29) is 6.04 Å². The first-order chi connectivity index (χ1) is 9.29. The molecule has 0 aliphatic heterocycles. The summed E-state index contributed by atoms with van der Waals surface area (Å²) in [5, 5.41) is 3.54. The van der Waals surface area contributed by atoms with Gasteiger partial charge in [-0.2, -0.15) is 0 Å². The first kappa shape index (κ1) is 12.5. The van der Waals surface area contributed by atoms with Crippen LogP contribution in [0.5, 0.6) is 0 Å². The topological polar surface area (TPSA) is 39.2 Å². The standard InChI is InChI=1S/C16H17NOS/c1-2-15-13(7-8-18-15)14(17)9-11-10-19-16-6-4-3-5-12(11)16/h3-8,10,14H,2,9,17H2,1H3. The first-order valence-corrected chi connectivity index (χ1v) is 7.44. The molecular formula is C16H17NOS. The highest BCUT2D eigenvalue weighted by atomic mass is 32.1. The lowest BCUT2D eigenvalue weighted by Gasteiger charge is -2.11. The quantitative estimate of drug-likeness (QED) is 0.768. The van der Waals surface area contributed by atoms with Gasteiger partial charge in [0.2, 0.25) is 0 Å². The molecule has 0 amide bonds. The van der Waals surface area contributed by atoms with Crippen molar-refractivity contribution < 1.29 is 4.42 Å². The molecular weight excluding hydrogens is 254 g/mol. The highest BCUT2D eigenvalue weighted by molar-refractivity contribution is 7.17. The van der Waals surface area contributed by atoms with Crippen LogP contribution in [0.1, 0.15) is 29.9 Å². The minimum atomic E-state index is 0.00621. The Morgan fingerprint density at radius 3 is 2.95 bits per heavy atom.